The molecule has 1 heterocycles. The van der Waals surface area contributed by atoms with E-state index in [4.69, 9.17) is 19.7 Å². The van der Waals surface area contributed by atoms with Crippen molar-refractivity contribution < 1.29 is 44.9 Å². The normalized spacial score (nSPS) is 38.7. The molecule has 19 heavy (non-hydrogen) atoms. The molecular formula is C10H18O9. The maximum atomic E-state index is 10.7. The Hall–Kier alpha value is -0.650. The molecule has 9 nitrogen and oxygen atoms in total. The smallest absolute Gasteiger partial charge is 0.187 e. The topological polar surface area (TPSA) is 157 Å². The summed E-state index contributed by atoms with van der Waals surface area (Å²) >= 11 is 0. The highest BCUT2D eigenvalue weighted by molar-refractivity contribution is 5.57. The van der Waals surface area contributed by atoms with Crippen molar-refractivity contribution in [2.75, 3.05) is 13.2 Å². The molecule has 0 aromatic heterocycles. The summed E-state index contributed by atoms with van der Waals surface area (Å²) in [5.41, 5.74) is 0. The third kappa shape index (κ3) is 3.68. The van der Waals surface area contributed by atoms with E-state index in [9.17, 15) is 25.2 Å². The van der Waals surface area contributed by atoms with Gasteiger partial charge in [0.1, 0.15) is 36.6 Å². The lowest BCUT2D eigenvalue weighted by molar-refractivity contribution is -0.312. The van der Waals surface area contributed by atoms with Crippen molar-refractivity contribution in [3.8, 4) is 0 Å². The largest absolute Gasteiger partial charge is 0.394 e. The van der Waals surface area contributed by atoms with Gasteiger partial charge < -0.3 is 44.9 Å². The Morgan fingerprint density at radius 2 is 1.79 bits per heavy atom. The Balaban J connectivity index is 2.73. The number of rotatable bonds is 6. The molecule has 1 aliphatic rings. The number of aliphatic hydroxyl groups is 6. The SMILES string of the molecule is O=C[C@H](O[C@H]1O[C@H](CO)[C@@H](O)[C@H](O)[C@H]1O)[C@@H](O)CO. The Bertz CT molecular complexity index is 284. The van der Waals surface area contributed by atoms with E-state index in [1.165, 1.54) is 0 Å². The van der Waals surface area contributed by atoms with Crippen LogP contribution in [0.25, 0.3) is 0 Å². The monoisotopic (exact) mass is 282 g/mol. The van der Waals surface area contributed by atoms with E-state index in [0.29, 0.717) is 0 Å². The quantitative estimate of drug-likeness (QED) is 0.265. The number of hydrogen-bond acceptors (Lipinski definition) is 9. The van der Waals surface area contributed by atoms with Crippen molar-refractivity contribution in [3.63, 3.8) is 0 Å². The Labute approximate surface area is 108 Å². The number of aliphatic hydroxyl groups excluding tert-OH is 6. The van der Waals surface area contributed by atoms with Crippen molar-refractivity contribution in [2.24, 2.45) is 0 Å². The Morgan fingerprint density at radius 3 is 2.26 bits per heavy atom. The van der Waals surface area contributed by atoms with Crippen LogP contribution in [0.1, 0.15) is 0 Å². The lowest BCUT2D eigenvalue weighted by atomic mass is 9.99. The molecule has 0 saturated carbocycles. The van der Waals surface area contributed by atoms with Gasteiger partial charge in [0.2, 0.25) is 0 Å². The zero-order chi connectivity index (χ0) is 14.6. The van der Waals surface area contributed by atoms with Crippen LogP contribution in [0.3, 0.4) is 0 Å². The summed E-state index contributed by atoms with van der Waals surface area (Å²) in [6.07, 6.45) is -10.4. The van der Waals surface area contributed by atoms with E-state index < -0.39 is 56.1 Å². The van der Waals surface area contributed by atoms with Crippen molar-refractivity contribution in [2.45, 2.75) is 42.9 Å². The fourth-order valence-electron chi connectivity index (χ4n) is 1.65. The zero-order valence-corrected chi connectivity index (χ0v) is 9.94. The van der Waals surface area contributed by atoms with E-state index in [2.05, 4.69) is 0 Å². The van der Waals surface area contributed by atoms with Gasteiger partial charge in [-0.3, -0.25) is 0 Å². The summed E-state index contributed by atoms with van der Waals surface area (Å²) in [6.45, 7) is -1.39. The summed E-state index contributed by atoms with van der Waals surface area (Å²) in [5.74, 6) is 0. The second-order valence-corrected chi connectivity index (χ2v) is 4.18. The van der Waals surface area contributed by atoms with E-state index in [-0.39, 0.29) is 6.29 Å². The highest BCUT2D eigenvalue weighted by Gasteiger charge is 2.45. The lowest BCUT2D eigenvalue weighted by Crippen LogP contribution is -2.60. The van der Waals surface area contributed by atoms with Crippen LogP contribution < -0.4 is 0 Å². The van der Waals surface area contributed by atoms with Crippen LogP contribution in [0.15, 0.2) is 0 Å². The molecule has 1 saturated heterocycles. The van der Waals surface area contributed by atoms with Gasteiger partial charge in [0.25, 0.3) is 0 Å². The van der Waals surface area contributed by atoms with Gasteiger partial charge in [-0.1, -0.05) is 0 Å². The maximum Gasteiger partial charge on any atom is 0.187 e. The molecule has 0 bridgehead atoms. The molecule has 6 N–H and O–H groups in total. The number of carbonyl (C=O) groups is 1. The molecule has 9 heteroatoms. The predicted molar refractivity (Wildman–Crippen MR) is 57.8 cm³/mol. The number of carbonyl (C=O) groups excluding carboxylic acids is 1. The minimum atomic E-state index is -1.67. The molecule has 0 amide bonds. The molecule has 0 spiro atoms. The lowest BCUT2D eigenvalue weighted by Gasteiger charge is -2.40. The number of hydrogen-bond donors (Lipinski definition) is 6. The molecule has 1 fully saturated rings. The van der Waals surface area contributed by atoms with E-state index in [1.54, 1.807) is 0 Å². The van der Waals surface area contributed by atoms with Gasteiger partial charge in [-0.05, 0) is 0 Å². The van der Waals surface area contributed by atoms with Gasteiger partial charge in [0.05, 0.1) is 13.2 Å². The molecule has 1 aliphatic heterocycles. The van der Waals surface area contributed by atoms with Crippen molar-refractivity contribution in [1.82, 2.24) is 0 Å². The highest BCUT2D eigenvalue weighted by atomic mass is 16.7. The standard InChI is InChI=1S/C10H18O9/c11-1-4(14)5(2-12)18-10-9(17)8(16)7(15)6(3-13)19-10/h2,4-11,13-17H,1,3H2/t4-,5-,6+,7+,8-,9+,10-/m0/s1. The first-order valence-corrected chi connectivity index (χ1v) is 5.66. The van der Waals surface area contributed by atoms with Crippen molar-refractivity contribution in [3.05, 3.63) is 0 Å². The van der Waals surface area contributed by atoms with Gasteiger partial charge in [-0.2, -0.15) is 0 Å². The zero-order valence-electron chi connectivity index (χ0n) is 9.94. The maximum absolute atomic E-state index is 10.7. The number of ether oxygens (including phenoxy) is 2. The minimum Gasteiger partial charge on any atom is -0.394 e. The molecule has 0 aromatic carbocycles. The molecule has 7 atom stereocenters. The average Bonchev–Trinajstić information content (AvgIpc) is 2.43. The van der Waals surface area contributed by atoms with Crippen LogP contribution in [-0.4, -0.2) is 93.1 Å². The Kier molecular flexibility index (Phi) is 6.23. The molecule has 112 valence electrons. The van der Waals surface area contributed by atoms with Gasteiger partial charge >= 0.3 is 0 Å². The summed E-state index contributed by atoms with van der Waals surface area (Å²) in [7, 11) is 0. The van der Waals surface area contributed by atoms with Crippen LogP contribution >= 0.6 is 0 Å². The average molecular weight is 282 g/mol. The fourth-order valence-corrected chi connectivity index (χ4v) is 1.65. The van der Waals surface area contributed by atoms with Crippen LogP contribution in [-0.2, 0) is 14.3 Å². The molecule has 0 radical (unpaired) electrons. The van der Waals surface area contributed by atoms with Crippen LogP contribution in [0.2, 0.25) is 0 Å². The highest BCUT2D eigenvalue weighted by Crippen LogP contribution is 2.23. The summed E-state index contributed by atoms with van der Waals surface area (Å²) in [4.78, 5) is 10.7. The van der Waals surface area contributed by atoms with Crippen LogP contribution in [0.4, 0.5) is 0 Å². The second-order valence-electron chi connectivity index (χ2n) is 4.18. The predicted octanol–water partition coefficient (Wildman–Crippen LogP) is -4.28. The van der Waals surface area contributed by atoms with Gasteiger partial charge in [0.15, 0.2) is 12.6 Å². The molecule has 1 rings (SSSR count). The molecular weight excluding hydrogens is 264 g/mol. The van der Waals surface area contributed by atoms with Crippen LogP contribution in [0.5, 0.6) is 0 Å². The van der Waals surface area contributed by atoms with Gasteiger partial charge in [-0.15, -0.1) is 0 Å². The first kappa shape index (κ1) is 16.4. The van der Waals surface area contributed by atoms with Crippen LogP contribution in [0, 0.1) is 0 Å². The molecule has 0 unspecified atom stereocenters. The first-order valence-electron chi connectivity index (χ1n) is 5.66. The fraction of sp³-hybridized carbons (Fsp3) is 0.900. The second kappa shape index (κ2) is 7.22. The van der Waals surface area contributed by atoms with Gasteiger partial charge in [0, 0.05) is 0 Å². The van der Waals surface area contributed by atoms with Gasteiger partial charge in [-0.25, -0.2) is 0 Å². The van der Waals surface area contributed by atoms with Crippen molar-refractivity contribution >= 4 is 6.29 Å². The third-order valence-electron chi connectivity index (χ3n) is 2.84. The van der Waals surface area contributed by atoms with E-state index >= 15 is 0 Å². The minimum absolute atomic E-state index is 0.197. The first-order chi connectivity index (χ1) is 8.96. The number of aldehydes is 1. The Morgan fingerprint density at radius 1 is 1.16 bits per heavy atom. The summed E-state index contributed by atoms with van der Waals surface area (Å²) in [5, 5.41) is 55.5. The van der Waals surface area contributed by atoms with E-state index in [1.807, 2.05) is 0 Å². The summed E-state index contributed by atoms with van der Waals surface area (Å²) in [6, 6.07) is 0. The molecule has 0 aromatic rings. The summed E-state index contributed by atoms with van der Waals surface area (Å²) < 4.78 is 9.90. The van der Waals surface area contributed by atoms with Crippen molar-refractivity contribution in [1.29, 1.82) is 0 Å². The third-order valence-corrected chi connectivity index (χ3v) is 2.84. The molecule has 0 aliphatic carbocycles. The van der Waals surface area contributed by atoms with E-state index in [0.717, 1.165) is 0 Å².